The maximum Gasteiger partial charge on any atom is 0.119 e. The minimum Gasteiger partial charge on any atom is -0.497 e. The molecule has 198 valence electrons. The molecule has 0 spiro atoms. The van der Waals surface area contributed by atoms with Gasteiger partial charge in [0.25, 0.3) is 0 Å². The number of rotatable bonds is 11. The smallest absolute Gasteiger partial charge is 0.119 e. The molecule has 5 heteroatoms. The lowest BCUT2D eigenvalue weighted by Crippen LogP contribution is -2.14. The SMILES string of the molecule is C=C/C(=C\C=C(/C)N(c1ccc(OC)cc1)c1ccc(-c2ccc(Nc3ccc(OC)cc3)cc2)cc1)OC. The number of hydrogen-bond donors (Lipinski definition) is 1. The van der Waals surface area contributed by atoms with Gasteiger partial charge in [-0.05, 0) is 109 Å². The van der Waals surface area contributed by atoms with Gasteiger partial charge in [0.05, 0.1) is 21.3 Å². The van der Waals surface area contributed by atoms with Gasteiger partial charge in [0.1, 0.15) is 17.3 Å². The molecule has 0 aliphatic heterocycles. The summed E-state index contributed by atoms with van der Waals surface area (Å²) in [4.78, 5) is 2.19. The fourth-order valence-electron chi connectivity index (χ4n) is 4.17. The first-order valence-corrected chi connectivity index (χ1v) is 12.7. The van der Waals surface area contributed by atoms with Crippen LogP contribution < -0.4 is 19.7 Å². The van der Waals surface area contributed by atoms with Crippen molar-refractivity contribution in [2.45, 2.75) is 6.92 Å². The van der Waals surface area contributed by atoms with Crippen LogP contribution in [-0.2, 0) is 4.74 Å². The molecule has 4 aromatic carbocycles. The van der Waals surface area contributed by atoms with E-state index in [4.69, 9.17) is 14.2 Å². The summed E-state index contributed by atoms with van der Waals surface area (Å²) < 4.78 is 15.9. The molecule has 0 aliphatic rings. The summed E-state index contributed by atoms with van der Waals surface area (Å²) in [5, 5.41) is 3.43. The van der Waals surface area contributed by atoms with E-state index in [1.807, 2.05) is 60.7 Å². The lowest BCUT2D eigenvalue weighted by atomic mass is 10.0. The highest BCUT2D eigenvalue weighted by Crippen LogP contribution is 2.33. The molecule has 4 aromatic rings. The maximum absolute atomic E-state index is 5.36. The molecule has 0 unspecified atom stereocenters. The molecule has 1 N–H and O–H groups in total. The van der Waals surface area contributed by atoms with Gasteiger partial charge >= 0.3 is 0 Å². The number of allylic oxidation sites excluding steroid dienone is 4. The van der Waals surface area contributed by atoms with Crippen LogP contribution in [0.5, 0.6) is 11.5 Å². The molecule has 0 heterocycles. The Hall–Kier alpha value is -4.90. The third kappa shape index (κ3) is 6.90. The molecule has 4 rings (SSSR count). The molecule has 0 saturated heterocycles. The van der Waals surface area contributed by atoms with Crippen molar-refractivity contribution in [3.8, 4) is 22.6 Å². The molecule has 39 heavy (non-hydrogen) atoms. The molecule has 0 fully saturated rings. The topological polar surface area (TPSA) is 43.0 Å². The van der Waals surface area contributed by atoms with E-state index in [0.717, 1.165) is 51.1 Å². The van der Waals surface area contributed by atoms with E-state index in [1.165, 1.54) is 0 Å². The lowest BCUT2D eigenvalue weighted by molar-refractivity contribution is 0.307. The lowest BCUT2D eigenvalue weighted by Gasteiger charge is -2.26. The first-order chi connectivity index (χ1) is 19.0. The van der Waals surface area contributed by atoms with Crippen LogP contribution in [0.25, 0.3) is 11.1 Å². The Labute approximate surface area is 231 Å². The number of benzene rings is 4. The number of methoxy groups -OCH3 is 3. The van der Waals surface area contributed by atoms with Crippen LogP contribution in [0.3, 0.4) is 0 Å². The van der Waals surface area contributed by atoms with E-state index in [9.17, 15) is 0 Å². The fourth-order valence-corrected chi connectivity index (χ4v) is 4.17. The summed E-state index contributed by atoms with van der Waals surface area (Å²) in [6.45, 7) is 5.87. The van der Waals surface area contributed by atoms with Crippen molar-refractivity contribution in [1.29, 1.82) is 0 Å². The van der Waals surface area contributed by atoms with Crippen LogP contribution in [0.4, 0.5) is 22.7 Å². The Balaban J connectivity index is 1.57. The number of nitrogens with one attached hydrogen (secondary N) is 1. The van der Waals surface area contributed by atoms with Crippen molar-refractivity contribution in [2.24, 2.45) is 0 Å². The number of nitrogens with zero attached hydrogens (tertiary/aromatic N) is 1. The van der Waals surface area contributed by atoms with Crippen LogP contribution in [-0.4, -0.2) is 21.3 Å². The van der Waals surface area contributed by atoms with E-state index < -0.39 is 0 Å². The third-order valence-electron chi connectivity index (χ3n) is 6.33. The predicted octanol–water partition coefficient (Wildman–Crippen LogP) is 8.87. The van der Waals surface area contributed by atoms with Gasteiger partial charge in [0.15, 0.2) is 0 Å². The summed E-state index contributed by atoms with van der Waals surface area (Å²) in [7, 11) is 4.98. The standard InChI is InChI=1S/C34H34N2O3/c1-6-32(37-3)20-7-25(2)36(31-18-23-34(39-5)24-19-31)30-16-10-27(11-17-30)26-8-12-28(13-9-26)35-29-14-21-33(38-4)22-15-29/h6-24,35H,1H2,2-5H3/b25-7+,32-20+. The van der Waals surface area contributed by atoms with Gasteiger partial charge in [-0.3, -0.25) is 0 Å². The zero-order valence-electron chi connectivity index (χ0n) is 22.8. The molecular weight excluding hydrogens is 484 g/mol. The van der Waals surface area contributed by atoms with Crippen molar-refractivity contribution in [3.05, 3.63) is 133 Å². The van der Waals surface area contributed by atoms with Gasteiger partial charge < -0.3 is 24.4 Å². The minimum atomic E-state index is 0.698. The maximum atomic E-state index is 5.36. The quantitative estimate of drug-likeness (QED) is 0.159. The van der Waals surface area contributed by atoms with Crippen LogP contribution in [0.15, 0.2) is 133 Å². The molecule has 0 aromatic heterocycles. The van der Waals surface area contributed by atoms with Crippen LogP contribution >= 0.6 is 0 Å². The van der Waals surface area contributed by atoms with Crippen molar-refractivity contribution < 1.29 is 14.2 Å². The Morgan fingerprint density at radius 1 is 0.641 bits per heavy atom. The van der Waals surface area contributed by atoms with Crippen LogP contribution in [0, 0.1) is 0 Å². The molecule has 0 radical (unpaired) electrons. The highest BCUT2D eigenvalue weighted by molar-refractivity contribution is 5.74. The minimum absolute atomic E-state index is 0.698. The molecule has 0 amide bonds. The van der Waals surface area contributed by atoms with Gasteiger partial charge in [-0.2, -0.15) is 0 Å². The van der Waals surface area contributed by atoms with Crippen molar-refractivity contribution in [3.63, 3.8) is 0 Å². The van der Waals surface area contributed by atoms with E-state index >= 15 is 0 Å². The van der Waals surface area contributed by atoms with Gasteiger partial charge in [-0.1, -0.05) is 30.8 Å². The molecular formula is C34H34N2O3. The average Bonchev–Trinajstić information content (AvgIpc) is 2.99. The van der Waals surface area contributed by atoms with Crippen molar-refractivity contribution in [1.82, 2.24) is 0 Å². The highest BCUT2D eigenvalue weighted by atomic mass is 16.5. The number of anilines is 4. The Morgan fingerprint density at radius 2 is 1.08 bits per heavy atom. The predicted molar refractivity (Wildman–Crippen MR) is 162 cm³/mol. The molecule has 5 nitrogen and oxygen atoms in total. The van der Waals surface area contributed by atoms with E-state index in [0.29, 0.717) is 5.76 Å². The molecule has 0 atom stereocenters. The molecule has 0 saturated carbocycles. The highest BCUT2D eigenvalue weighted by Gasteiger charge is 2.12. The summed E-state index contributed by atoms with van der Waals surface area (Å²) in [5.74, 6) is 2.35. The zero-order valence-corrected chi connectivity index (χ0v) is 22.8. The molecule has 0 bridgehead atoms. The summed E-state index contributed by atoms with van der Waals surface area (Å²) in [6.07, 6.45) is 5.62. The van der Waals surface area contributed by atoms with E-state index in [-0.39, 0.29) is 0 Å². The Kier molecular flexibility index (Phi) is 9.09. The largest absolute Gasteiger partial charge is 0.497 e. The van der Waals surface area contributed by atoms with E-state index in [2.05, 4.69) is 72.3 Å². The first-order valence-electron chi connectivity index (χ1n) is 12.7. The van der Waals surface area contributed by atoms with Crippen LogP contribution in [0.2, 0.25) is 0 Å². The van der Waals surface area contributed by atoms with E-state index in [1.54, 1.807) is 27.4 Å². The number of hydrogen-bond acceptors (Lipinski definition) is 5. The number of ether oxygens (including phenoxy) is 3. The van der Waals surface area contributed by atoms with Gasteiger partial charge in [0.2, 0.25) is 0 Å². The third-order valence-corrected chi connectivity index (χ3v) is 6.33. The normalized spacial score (nSPS) is 11.5. The summed E-state index contributed by atoms with van der Waals surface area (Å²) in [6, 6.07) is 32.9. The molecule has 0 aliphatic carbocycles. The zero-order chi connectivity index (χ0) is 27.6. The average molecular weight is 519 g/mol. The fraction of sp³-hybridized carbons (Fsp3) is 0.118. The monoisotopic (exact) mass is 518 g/mol. The Morgan fingerprint density at radius 3 is 1.54 bits per heavy atom. The van der Waals surface area contributed by atoms with Gasteiger partial charge in [0, 0.05) is 28.4 Å². The van der Waals surface area contributed by atoms with Crippen molar-refractivity contribution >= 4 is 22.7 Å². The van der Waals surface area contributed by atoms with Crippen molar-refractivity contribution in [2.75, 3.05) is 31.5 Å². The first kappa shape index (κ1) is 27.1. The second-order valence-corrected chi connectivity index (χ2v) is 8.80. The van der Waals surface area contributed by atoms with Gasteiger partial charge in [-0.25, -0.2) is 0 Å². The Bertz CT molecular complexity index is 1420. The van der Waals surface area contributed by atoms with Gasteiger partial charge in [-0.15, -0.1) is 0 Å². The summed E-state index contributed by atoms with van der Waals surface area (Å²) in [5.41, 5.74) is 7.41. The summed E-state index contributed by atoms with van der Waals surface area (Å²) >= 11 is 0. The van der Waals surface area contributed by atoms with Crippen LogP contribution in [0.1, 0.15) is 6.92 Å². The second-order valence-electron chi connectivity index (χ2n) is 8.80. The second kappa shape index (κ2) is 13.1.